The van der Waals surface area contributed by atoms with Crippen LogP contribution in [-0.4, -0.2) is 62.3 Å². The maximum Gasteiger partial charge on any atom is 0.335 e. The first-order chi connectivity index (χ1) is 12.8. The van der Waals surface area contributed by atoms with Crippen LogP contribution in [0.15, 0.2) is 30.3 Å². The van der Waals surface area contributed by atoms with Gasteiger partial charge in [0.15, 0.2) is 0 Å². The summed E-state index contributed by atoms with van der Waals surface area (Å²) in [6.45, 7) is 2.75. The van der Waals surface area contributed by atoms with Gasteiger partial charge in [0.25, 0.3) is 0 Å². The molecule has 0 fully saturated rings. The highest BCUT2D eigenvalue weighted by atomic mass is 16.4. The van der Waals surface area contributed by atoms with E-state index in [0.29, 0.717) is 25.3 Å². The number of aliphatic hydroxyl groups is 1. The van der Waals surface area contributed by atoms with Gasteiger partial charge in [0.2, 0.25) is 5.91 Å². The van der Waals surface area contributed by atoms with Crippen molar-refractivity contribution in [2.75, 3.05) is 20.6 Å². The van der Waals surface area contributed by atoms with E-state index in [1.54, 1.807) is 32.3 Å². The largest absolute Gasteiger partial charge is 0.478 e. The lowest BCUT2D eigenvalue weighted by Crippen LogP contribution is -2.33. The zero-order valence-electron chi connectivity index (χ0n) is 15.5. The zero-order valence-corrected chi connectivity index (χ0v) is 15.5. The lowest BCUT2D eigenvalue weighted by atomic mass is 10.1. The molecule has 8 heteroatoms. The zero-order chi connectivity index (χ0) is 19.6. The molecule has 1 amide bonds. The molecule has 1 aliphatic rings. The molecule has 2 N–H and O–H groups in total. The summed E-state index contributed by atoms with van der Waals surface area (Å²) in [5.74, 6) is -1.08. The van der Waals surface area contributed by atoms with Crippen molar-refractivity contribution in [1.82, 2.24) is 19.6 Å². The number of nitrogens with zero attached hydrogens (tertiary/aromatic N) is 4. The van der Waals surface area contributed by atoms with E-state index in [2.05, 4.69) is 10.00 Å². The minimum absolute atomic E-state index is 0.00908. The third-order valence-electron chi connectivity index (χ3n) is 4.68. The van der Waals surface area contributed by atoms with Gasteiger partial charge in [-0.15, -0.1) is 0 Å². The van der Waals surface area contributed by atoms with Crippen LogP contribution in [0.4, 0.5) is 0 Å². The number of benzene rings is 1. The molecule has 0 bridgehead atoms. The number of hydrogen-bond donors (Lipinski definition) is 2. The van der Waals surface area contributed by atoms with Crippen LogP contribution in [0, 0.1) is 0 Å². The fraction of sp³-hybridized carbons (Fsp3) is 0.421. The number of aromatic nitrogens is 2. The van der Waals surface area contributed by atoms with Crippen molar-refractivity contribution < 1.29 is 19.8 Å². The van der Waals surface area contributed by atoms with Gasteiger partial charge < -0.3 is 15.1 Å². The first-order valence-corrected chi connectivity index (χ1v) is 8.83. The number of carboxylic acids is 1. The van der Waals surface area contributed by atoms with Gasteiger partial charge in [0, 0.05) is 33.7 Å². The molecular weight excluding hydrogens is 348 g/mol. The summed E-state index contributed by atoms with van der Waals surface area (Å²) in [5.41, 5.74) is 2.71. The van der Waals surface area contributed by atoms with Gasteiger partial charge in [-0.2, -0.15) is 5.10 Å². The molecule has 2 heterocycles. The average Bonchev–Trinajstić information content (AvgIpc) is 3.05. The topological polar surface area (TPSA) is 98.9 Å². The lowest BCUT2D eigenvalue weighted by molar-refractivity contribution is -0.130. The number of rotatable bonds is 6. The minimum Gasteiger partial charge on any atom is -0.478 e. The van der Waals surface area contributed by atoms with Crippen LogP contribution in [0.2, 0.25) is 0 Å². The highest BCUT2D eigenvalue weighted by Gasteiger charge is 2.23. The van der Waals surface area contributed by atoms with Gasteiger partial charge in [-0.05, 0) is 23.8 Å². The Morgan fingerprint density at radius 2 is 2.04 bits per heavy atom. The molecule has 0 radical (unpaired) electrons. The molecule has 0 unspecified atom stereocenters. The van der Waals surface area contributed by atoms with Gasteiger partial charge in [-0.1, -0.05) is 12.1 Å². The number of aliphatic hydroxyl groups excluding tert-OH is 1. The third-order valence-corrected chi connectivity index (χ3v) is 4.68. The maximum absolute atomic E-state index is 11.8. The highest BCUT2D eigenvalue weighted by molar-refractivity contribution is 5.87. The fourth-order valence-corrected chi connectivity index (χ4v) is 3.15. The first-order valence-electron chi connectivity index (χ1n) is 8.83. The van der Waals surface area contributed by atoms with Crippen molar-refractivity contribution >= 4 is 11.9 Å². The first kappa shape index (κ1) is 19.1. The summed E-state index contributed by atoms with van der Waals surface area (Å²) in [7, 11) is 3.31. The number of hydrogen-bond acceptors (Lipinski definition) is 5. The van der Waals surface area contributed by atoms with Crippen molar-refractivity contribution in [2.24, 2.45) is 0 Å². The summed E-state index contributed by atoms with van der Waals surface area (Å²) in [6.07, 6.45) is -0.909. The van der Waals surface area contributed by atoms with Crippen molar-refractivity contribution in [3.8, 4) is 0 Å². The van der Waals surface area contributed by atoms with Gasteiger partial charge in [0.1, 0.15) is 6.10 Å². The Morgan fingerprint density at radius 1 is 1.26 bits per heavy atom. The van der Waals surface area contributed by atoms with Crippen LogP contribution >= 0.6 is 0 Å². The molecule has 1 aliphatic heterocycles. The molecule has 0 saturated carbocycles. The number of amides is 1. The second-order valence-electron chi connectivity index (χ2n) is 7.01. The summed E-state index contributed by atoms with van der Waals surface area (Å²) >= 11 is 0. The predicted octanol–water partition coefficient (Wildman–Crippen LogP) is 1.11. The van der Waals surface area contributed by atoms with E-state index in [9.17, 15) is 14.7 Å². The van der Waals surface area contributed by atoms with E-state index < -0.39 is 12.1 Å². The molecule has 8 nitrogen and oxygen atoms in total. The minimum atomic E-state index is -0.931. The molecule has 27 heavy (non-hydrogen) atoms. The van der Waals surface area contributed by atoms with Crippen molar-refractivity contribution in [3.63, 3.8) is 0 Å². The summed E-state index contributed by atoms with van der Waals surface area (Å²) in [5, 5.41) is 23.8. The van der Waals surface area contributed by atoms with Crippen LogP contribution < -0.4 is 0 Å². The van der Waals surface area contributed by atoms with Gasteiger partial charge in [-0.3, -0.25) is 14.4 Å². The molecule has 1 atom stereocenters. The number of carboxylic acid groups (broad SMARTS) is 1. The number of fused-ring (bicyclic) bond motifs is 1. The summed E-state index contributed by atoms with van der Waals surface area (Å²) in [6, 6.07) is 8.78. The van der Waals surface area contributed by atoms with Crippen LogP contribution in [0.1, 0.15) is 39.8 Å². The Labute approximate surface area is 157 Å². The third kappa shape index (κ3) is 4.53. The molecule has 1 aromatic carbocycles. The van der Waals surface area contributed by atoms with Crippen molar-refractivity contribution in [2.45, 2.75) is 32.2 Å². The Balaban J connectivity index is 1.66. The van der Waals surface area contributed by atoms with E-state index in [-0.39, 0.29) is 17.9 Å². The smallest absolute Gasteiger partial charge is 0.335 e. The molecule has 1 aromatic heterocycles. The average molecular weight is 372 g/mol. The Morgan fingerprint density at radius 3 is 2.74 bits per heavy atom. The predicted molar refractivity (Wildman–Crippen MR) is 98.0 cm³/mol. The standard InChI is InChI=1S/C19H24N4O4/c1-21(2)18(25)10-17(24)16-9-15-12-22(6-7-23(15)20-16)11-13-4-3-5-14(8-13)19(26)27/h3-5,8-9,17,24H,6-7,10-12H2,1-2H3,(H,26,27)/t17-/m0/s1. The summed E-state index contributed by atoms with van der Waals surface area (Å²) in [4.78, 5) is 26.6. The molecule has 0 saturated heterocycles. The Bertz CT molecular complexity index is 846. The maximum atomic E-state index is 11.8. The van der Waals surface area contributed by atoms with Crippen LogP contribution in [0.25, 0.3) is 0 Å². The molecule has 0 spiro atoms. The second-order valence-corrected chi connectivity index (χ2v) is 7.01. The van der Waals surface area contributed by atoms with Gasteiger partial charge >= 0.3 is 5.97 Å². The molecular formula is C19H24N4O4. The number of aromatic carboxylic acids is 1. The van der Waals surface area contributed by atoms with Crippen LogP contribution in [0.3, 0.4) is 0 Å². The SMILES string of the molecule is CN(C)C(=O)C[C@H](O)c1cc2n(n1)CCN(Cc1cccc(C(=O)O)c1)C2. The van der Waals surface area contributed by atoms with E-state index >= 15 is 0 Å². The highest BCUT2D eigenvalue weighted by Crippen LogP contribution is 2.22. The van der Waals surface area contributed by atoms with E-state index in [0.717, 1.165) is 17.8 Å². The van der Waals surface area contributed by atoms with Crippen LogP contribution in [0.5, 0.6) is 0 Å². The van der Waals surface area contributed by atoms with E-state index in [1.807, 2.05) is 16.8 Å². The van der Waals surface area contributed by atoms with Gasteiger partial charge in [0.05, 0.1) is 29.9 Å². The molecule has 2 aromatic rings. The van der Waals surface area contributed by atoms with Crippen LogP contribution in [-0.2, 0) is 24.4 Å². The summed E-state index contributed by atoms with van der Waals surface area (Å²) < 4.78 is 1.86. The van der Waals surface area contributed by atoms with Gasteiger partial charge in [-0.25, -0.2) is 4.79 Å². The lowest BCUT2D eigenvalue weighted by Gasteiger charge is -2.27. The van der Waals surface area contributed by atoms with E-state index in [1.165, 1.54) is 4.90 Å². The molecule has 3 rings (SSSR count). The van der Waals surface area contributed by atoms with Crippen molar-refractivity contribution in [1.29, 1.82) is 0 Å². The second kappa shape index (κ2) is 7.89. The molecule has 144 valence electrons. The van der Waals surface area contributed by atoms with E-state index in [4.69, 9.17) is 5.11 Å². The number of carbonyl (C=O) groups is 2. The quantitative estimate of drug-likeness (QED) is 0.788. The fourth-order valence-electron chi connectivity index (χ4n) is 3.15. The molecule has 0 aliphatic carbocycles. The normalized spacial score (nSPS) is 15.2. The Kier molecular flexibility index (Phi) is 5.57. The monoisotopic (exact) mass is 372 g/mol. The number of carbonyl (C=O) groups excluding carboxylic acids is 1. The van der Waals surface area contributed by atoms with Crippen molar-refractivity contribution in [3.05, 3.63) is 52.8 Å². The Hall–Kier alpha value is -2.71.